The lowest BCUT2D eigenvalue weighted by molar-refractivity contribution is 0.0984. The normalized spacial score (nSPS) is 10.7. The molecule has 0 spiro atoms. The SMILES string of the molecule is CN(C)CCCCc1ccc(-c2ccccn2)nn1.CN(C)CCCN(C)c1ccc(-c2ccccn2)nn1.CN(C)CCCc1ccc(-c2ccccn2)nn1.CN(C)CCN(C(=O)c1ccccc1)c1ccc(-c2ccccn2)nn1.CN(C)CCN(C)c1ccc(-c2ccccn2)nn1.c1ccc(-c2ccc(CCCCn3ccnc3)nn2)nc1.c1ccc(CCc2ccc(-c3ccccn3)nn2)cc1. The summed E-state index contributed by atoms with van der Waals surface area (Å²) in [5.41, 5.74) is 17.5. The van der Waals surface area contributed by atoms with Crippen LogP contribution in [0.1, 0.15) is 77.2 Å². The summed E-state index contributed by atoms with van der Waals surface area (Å²) in [6.07, 6.45) is 29.5. The van der Waals surface area contributed by atoms with Gasteiger partial charge in [0.05, 0.1) is 69.0 Å². The molecule has 143 heavy (non-hydrogen) atoms. The van der Waals surface area contributed by atoms with Crippen molar-refractivity contribution in [3.8, 4) is 79.7 Å². The molecule has 32 nitrogen and oxygen atoms in total. The van der Waals surface area contributed by atoms with Crippen molar-refractivity contribution in [1.82, 2.24) is 140 Å². The van der Waals surface area contributed by atoms with Crippen molar-refractivity contribution in [3.05, 3.63) is 369 Å². The molecule has 15 heterocycles. The van der Waals surface area contributed by atoms with E-state index in [1.165, 1.54) is 12.0 Å². The number of likely N-dealkylation sites (N-methyl/N-ethyl adjacent to an activating group) is 3. The molecule has 17 rings (SSSR count). The third kappa shape index (κ3) is 39.4. The average Bonchev–Trinajstić information content (AvgIpc) is 0.875. The number of pyridine rings is 7. The zero-order valence-corrected chi connectivity index (χ0v) is 84.2. The molecular weight excluding hydrogens is 1780 g/mol. The summed E-state index contributed by atoms with van der Waals surface area (Å²) in [6.45, 7) is 8.40. The van der Waals surface area contributed by atoms with Crippen molar-refractivity contribution >= 4 is 23.4 Å². The maximum atomic E-state index is 12.9. The van der Waals surface area contributed by atoms with Crippen LogP contribution in [0.5, 0.6) is 0 Å². The van der Waals surface area contributed by atoms with Gasteiger partial charge in [0.25, 0.3) is 5.91 Å². The lowest BCUT2D eigenvalue weighted by Gasteiger charge is -2.23. The molecular formula is C111H131N31O. The summed E-state index contributed by atoms with van der Waals surface area (Å²) in [5.74, 6) is 2.21. The van der Waals surface area contributed by atoms with Crippen molar-refractivity contribution in [2.75, 3.05) is 152 Å². The molecule has 0 saturated heterocycles. The number of imidazole rings is 1. The van der Waals surface area contributed by atoms with E-state index in [2.05, 4.69) is 226 Å². The Hall–Kier alpha value is -15.9. The van der Waals surface area contributed by atoms with Crippen LogP contribution in [0.2, 0.25) is 0 Å². The Morgan fingerprint density at radius 2 is 0.538 bits per heavy atom. The predicted octanol–water partition coefficient (Wildman–Crippen LogP) is 16.7. The van der Waals surface area contributed by atoms with Gasteiger partial charge in [-0.25, -0.2) is 4.98 Å². The molecule has 0 N–H and O–H groups in total. The van der Waals surface area contributed by atoms with Gasteiger partial charge < -0.3 is 38.9 Å². The van der Waals surface area contributed by atoms with Crippen LogP contribution in [0.4, 0.5) is 17.5 Å². The lowest BCUT2D eigenvalue weighted by atomic mass is 10.1. The molecule has 0 aliphatic carbocycles. The molecule has 32 heteroatoms. The number of benzene rings is 2. The molecule has 15 aromatic heterocycles. The Morgan fingerprint density at radius 3 is 0.867 bits per heavy atom. The van der Waals surface area contributed by atoms with Crippen LogP contribution in [0.15, 0.2) is 335 Å². The predicted molar refractivity (Wildman–Crippen MR) is 569 cm³/mol. The number of carbonyl (C=O) groups excluding carboxylic acids is 1. The summed E-state index contributed by atoms with van der Waals surface area (Å²) in [5, 5.41) is 59.6. The fraction of sp³-hybridized carbons (Fsp3) is 0.288. The minimum Gasteiger partial charge on any atom is -0.358 e. The number of carbonyl (C=O) groups is 1. The van der Waals surface area contributed by atoms with Gasteiger partial charge in [0, 0.05) is 115 Å². The second-order valence-electron chi connectivity index (χ2n) is 34.8. The van der Waals surface area contributed by atoms with E-state index in [9.17, 15) is 4.79 Å². The highest BCUT2D eigenvalue weighted by atomic mass is 16.2. The van der Waals surface area contributed by atoms with Gasteiger partial charge in [-0.3, -0.25) is 44.6 Å². The second-order valence-corrected chi connectivity index (χ2v) is 34.8. The van der Waals surface area contributed by atoms with Crippen LogP contribution >= 0.6 is 0 Å². The highest BCUT2D eigenvalue weighted by Gasteiger charge is 2.21. The molecule has 0 atom stereocenters. The standard InChI is InChI=1S/C20H21N5O.C17H15N3.C16H17N5.C15H21N5.C15H20N4.C14H19N5.C14H18N4/c1-24(2)14-15-25(20(26)16-8-4-3-5-9-16)19-12-11-18(22-23-19)17-10-6-7-13-21-17;1-2-6-14(7-3-1)9-10-15-11-12-17(20-19-15)16-8-4-5-13-18-16;1-3-9-18-15(6-1)16-8-7-14(19-20-16)5-2-4-11-21-12-10-17-13-21;1-19(2)11-6-12-20(3)15-9-8-14(17-18-15)13-7-4-5-10-16-13;1-19(2)12-6-4-7-13-9-10-15(18-17-13)14-8-3-5-11-16-14;1-18(2)10-11-19(3)14-8-7-13(16-17-14)12-6-4-5-9-15-12;1-18(2)11-5-6-12-8-9-14(17-16-12)13-7-3-4-10-15-13/h3-13H,14-15H2,1-2H3;1-8,11-13H,9-10H2;1,3,6-10,12-13H,2,4-5,11H2;4-5,7-10H,6,11-12H2,1-3H3;3,5,8-11H,4,6-7,12H2,1-2H3;4-9H,10-11H2,1-3H3;3-4,7-10H,5-6,11H2,1-2H3. The van der Waals surface area contributed by atoms with Crippen LogP contribution in [-0.4, -0.2) is 283 Å². The molecule has 0 aliphatic heterocycles. The van der Waals surface area contributed by atoms with Gasteiger partial charge in [0.1, 0.15) is 39.9 Å². The Bertz CT molecular complexity index is 6240. The highest BCUT2D eigenvalue weighted by molar-refractivity contribution is 6.05. The van der Waals surface area contributed by atoms with Gasteiger partial charge >= 0.3 is 0 Å². The fourth-order valence-electron chi connectivity index (χ4n) is 13.9. The third-order valence-electron chi connectivity index (χ3n) is 21.9. The topological polar surface area (TPSA) is 331 Å². The molecule has 0 fully saturated rings. The molecule has 0 bridgehead atoms. The fourth-order valence-corrected chi connectivity index (χ4v) is 13.9. The quantitative estimate of drug-likeness (QED) is 0.0324. The van der Waals surface area contributed by atoms with Crippen LogP contribution < -0.4 is 14.7 Å². The maximum absolute atomic E-state index is 12.9. The van der Waals surface area contributed by atoms with Crippen LogP contribution in [-0.2, 0) is 38.6 Å². The largest absolute Gasteiger partial charge is 0.358 e. The van der Waals surface area contributed by atoms with Crippen LogP contribution in [0.25, 0.3) is 79.7 Å². The smallest absolute Gasteiger partial charge is 0.259 e. The Kier molecular flexibility index (Phi) is 45.8. The van der Waals surface area contributed by atoms with E-state index < -0.39 is 0 Å². The molecule has 0 aliphatic rings. The molecule has 17 aromatic rings. The zero-order chi connectivity index (χ0) is 101. The minimum atomic E-state index is -0.0904. The first kappa shape index (κ1) is 108. The molecule has 2 aromatic carbocycles. The lowest BCUT2D eigenvalue weighted by Crippen LogP contribution is -2.37. The van der Waals surface area contributed by atoms with Crippen molar-refractivity contribution in [2.45, 2.75) is 77.2 Å². The van der Waals surface area contributed by atoms with Crippen LogP contribution in [0.3, 0.4) is 0 Å². The first-order chi connectivity index (χ1) is 69.8. The van der Waals surface area contributed by atoms with Gasteiger partial charge in [-0.15, -0.1) is 51.0 Å². The van der Waals surface area contributed by atoms with E-state index in [0.29, 0.717) is 23.6 Å². The van der Waals surface area contributed by atoms with Gasteiger partial charge in [-0.05, 0) is 348 Å². The molecule has 0 unspecified atom stereocenters. The minimum absolute atomic E-state index is 0.0904. The number of amides is 1. The van der Waals surface area contributed by atoms with E-state index in [-0.39, 0.29) is 5.91 Å². The molecule has 736 valence electrons. The van der Waals surface area contributed by atoms with Crippen molar-refractivity contribution in [3.63, 3.8) is 0 Å². The summed E-state index contributed by atoms with van der Waals surface area (Å²) < 4.78 is 2.09. The van der Waals surface area contributed by atoms with Gasteiger partial charge in [0.15, 0.2) is 17.5 Å². The summed E-state index contributed by atoms with van der Waals surface area (Å²) >= 11 is 0. The Labute approximate surface area is 841 Å². The van der Waals surface area contributed by atoms with E-state index in [4.69, 9.17) is 0 Å². The highest BCUT2D eigenvalue weighted by Crippen LogP contribution is 2.24. The van der Waals surface area contributed by atoms with Crippen molar-refractivity contribution < 1.29 is 4.79 Å². The first-order valence-electron chi connectivity index (χ1n) is 48.1. The maximum Gasteiger partial charge on any atom is 0.259 e. The summed E-state index contributed by atoms with van der Waals surface area (Å²) in [7, 11) is 24.7. The molecule has 1 amide bonds. The van der Waals surface area contributed by atoms with Gasteiger partial charge in [-0.2, -0.15) is 20.4 Å². The first-order valence-corrected chi connectivity index (χ1v) is 48.1. The van der Waals surface area contributed by atoms with E-state index in [0.717, 1.165) is 225 Å². The van der Waals surface area contributed by atoms with Gasteiger partial charge in [0.2, 0.25) is 0 Å². The number of aromatic nitrogens is 23. The van der Waals surface area contributed by atoms with E-state index >= 15 is 0 Å². The number of nitrogens with zero attached hydrogens (tertiary/aromatic N) is 31. The Balaban J connectivity index is 0.000000160. The van der Waals surface area contributed by atoms with Gasteiger partial charge in [-0.1, -0.05) is 91.0 Å². The average molecular weight is 1920 g/mol. The molecule has 0 radical (unpaired) electrons. The number of hydrogen-bond acceptors (Lipinski definition) is 30. The number of unbranched alkanes of at least 4 members (excludes halogenated alkanes) is 2. The van der Waals surface area contributed by atoms with E-state index in [1.54, 1.807) is 60.4 Å². The number of aryl methyl sites for hydroxylation is 6. The summed E-state index contributed by atoms with van der Waals surface area (Å²) in [6, 6.07) is 87.6. The number of hydrogen-bond donors (Lipinski definition) is 0. The zero-order valence-electron chi connectivity index (χ0n) is 84.2. The van der Waals surface area contributed by atoms with Crippen molar-refractivity contribution in [2.24, 2.45) is 0 Å². The molecule has 0 saturated carbocycles. The monoisotopic (exact) mass is 1910 g/mol. The Morgan fingerprint density at radius 1 is 0.231 bits per heavy atom. The summed E-state index contributed by atoms with van der Waals surface area (Å²) in [4.78, 5) is 63.5. The second kappa shape index (κ2) is 60.9. The number of anilines is 3. The number of rotatable bonds is 38. The van der Waals surface area contributed by atoms with Crippen molar-refractivity contribution in [1.29, 1.82) is 0 Å². The van der Waals surface area contributed by atoms with Crippen LogP contribution in [0, 0.1) is 0 Å². The van der Waals surface area contributed by atoms with E-state index in [1.807, 2.05) is 288 Å². The third-order valence-corrected chi connectivity index (χ3v) is 21.9.